The lowest BCUT2D eigenvalue weighted by Crippen LogP contribution is -3.12. The Kier molecular flexibility index (Phi) is 4.96. The van der Waals surface area contributed by atoms with Crippen LogP contribution < -0.4 is 10.3 Å². The van der Waals surface area contributed by atoms with Gasteiger partial charge in [0.2, 0.25) is 0 Å². The van der Waals surface area contributed by atoms with Gasteiger partial charge in [-0.2, -0.15) is 0 Å². The van der Waals surface area contributed by atoms with Crippen molar-refractivity contribution >= 4 is 23.6 Å². The molecule has 1 aliphatic rings. The predicted molar refractivity (Wildman–Crippen MR) is 76.8 cm³/mol. The summed E-state index contributed by atoms with van der Waals surface area (Å²) in [5.41, 5.74) is 3.73. The highest BCUT2D eigenvalue weighted by molar-refractivity contribution is 6.32. The van der Waals surface area contributed by atoms with Gasteiger partial charge in [0.25, 0.3) is 5.91 Å². The summed E-state index contributed by atoms with van der Waals surface area (Å²) >= 11 is 6.02. The maximum absolute atomic E-state index is 11.8. The normalized spacial score (nSPS) is 17.8. The van der Waals surface area contributed by atoms with Crippen LogP contribution in [0.1, 0.15) is 5.56 Å². The number of carbonyl (C=O) groups excluding carboxylic acids is 1. The van der Waals surface area contributed by atoms with Crippen LogP contribution in [0, 0.1) is 0 Å². The number of carbonyl (C=O) groups is 1. The number of likely N-dealkylation sites (N-methyl/N-ethyl adjacent to an activating group) is 1. The van der Waals surface area contributed by atoms with Crippen LogP contribution in [0.2, 0.25) is 5.02 Å². The van der Waals surface area contributed by atoms with Crippen molar-refractivity contribution in [3.05, 3.63) is 40.9 Å². The van der Waals surface area contributed by atoms with Gasteiger partial charge in [-0.3, -0.25) is 10.2 Å². The van der Waals surface area contributed by atoms with E-state index in [1.54, 1.807) is 6.08 Å². The molecule has 0 bridgehead atoms. The molecule has 1 aromatic rings. The number of benzene rings is 1. The van der Waals surface area contributed by atoms with Crippen molar-refractivity contribution in [2.45, 2.75) is 0 Å². The van der Waals surface area contributed by atoms with Crippen LogP contribution in [0.4, 0.5) is 0 Å². The first-order chi connectivity index (χ1) is 9.15. The number of nitrogens with zero attached hydrogens (tertiary/aromatic N) is 1. The highest BCUT2D eigenvalue weighted by Gasteiger charge is 2.17. The maximum Gasteiger partial charge on any atom is 0.258 e. The summed E-state index contributed by atoms with van der Waals surface area (Å²) in [7, 11) is 2.16. The second-order valence-corrected chi connectivity index (χ2v) is 5.18. The Morgan fingerprint density at radius 2 is 2.05 bits per heavy atom. The van der Waals surface area contributed by atoms with Crippen molar-refractivity contribution in [1.29, 1.82) is 0 Å². The van der Waals surface area contributed by atoms with E-state index in [1.165, 1.54) is 11.0 Å². The van der Waals surface area contributed by atoms with E-state index < -0.39 is 0 Å². The monoisotopic (exact) mass is 280 g/mol. The molecule has 0 atom stereocenters. The van der Waals surface area contributed by atoms with Gasteiger partial charge in [0.1, 0.15) is 0 Å². The SMILES string of the molecule is C[NH+]1CCN(NC(=O)/C=C/c2ccccc2Cl)CC1. The van der Waals surface area contributed by atoms with Gasteiger partial charge in [-0.05, 0) is 17.7 Å². The molecule has 0 aliphatic carbocycles. The van der Waals surface area contributed by atoms with Crippen LogP contribution in [0.15, 0.2) is 30.3 Å². The molecule has 2 rings (SSSR count). The van der Waals surface area contributed by atoms with E-state index in [0.29, 0.717) is 5.02 Å². The van der Waals surface area contributed by atoms with E-state index in [2.05, 4.69) is 12.5 Å². The third-order valence-corrected chi connectivity index (χ3v) is 3.55. The molecular formula is C14H19ClN3O+. The minimum atomic E-state index is -0.112. The summed E-state index contributed by atoms with van der Waals surface area (Å²) in [4.78, 5) is 13.3. The molecule has 1 saturated heterocycles. The van der Waals surface area contributed by atoms with E-state index in [-0.39, 0.29) is 5.91 Å². The first-order valence-corrected chi connectivity index (χ1v) is 6.82. The van der Waals surface area contributed by atoms with Gasteiger partial charge in [-0.1, -0.05) is 29.8 Å². The molecule has 0 saturated carbocycles. The zero-order valence-electron chi connectivity index (χ0n) is 11.0. The topological polar surface area (TPSA) is 36.8 Å². The number of piperazine rings is 1. The Bertz CT molecular complexity index is 468. The van der Waals surface area contributed by atoms with Crippen molar-refractivity contribution in [3.63, 3.8) is 0 Å². The quantitative estimate of drug-likeness (QED) is 0.777. The zero-order chi connectivity index (χ0) is 13.7. The number of quaternary nitrogens is 1. The third-order valence-electron chi connectivity index (χ3n) is 3.20. The first-order valence-electron chi connectivity index (χ1n) is 6.44. The predicted octanol–water partition coefficient (Wildman–Crippen LogP) is 0.215. The number of amides is 1. The Morgan fingerprint density at radius 1 is 1.37 bits per heavy atom. The van der Waals surface area contributed by atoms with Crippen LogP contribution in [0.25, 0.3) is 6.08 Å². The van der Waals surface area contributed by atoms with Gasteiger partial charge in [0, 0.05) is 11.1 Å². The minimum absolute atomic E-state index is 0.112. The summed E-state index contributed by atoms with van der Waals surface area (Å²) in [6, 6.07) is 7.45. The molecular weight excluding hydrogens is 262 g/mol. The highest BCUT2D eigenvalue weighted by atomic mass is 35.5. The summed E-state index contributed by atoms with van der Waals surface area (Å²) in [6.07, 6.45) is 3.26. The molecule has 1 aliphatic heterocycles. The van der Waals surface area contributed by atoms with E-state index in [9.17, 15) is 4.79 Å². The van der Waals surface area contributed by atoms with Crippen LogP contribution >= 0.6 is 11.6 Å². The lowest BCUT2D eigenvalue weighted by Gasteiger charge is -2.29. The Morgan fingerprint density at radius 3 is 2.74 bits per heavy atom. The molecule has 1 aromatic carbocycles. The van der Waals surface area contributed by atoms with Gasteiger partial charge >= 0.3 is 0 Å². The molecule has 0 spiro atoms. The van der Waals surface area contributed by atoms with E-state index in [4.69, 9.17) is 11.6 Å². The highest BCUT2D eigenvalue weighted by Crippen LogP contribution is 2.15. The second kappa shape index (κ2) is 6.70. The molecule has 1 heterocycles. The molecule has 19 heavy (non-hydrogen) atoms. The average Bonchev–Trinajstić information content (AvgIpc) is 2.40. The van der Waals surface area contributed by atoms with Crippen molar-refractivity contribution in [2.24, 2.45) is 0 Å². The van der Waals surface area contributed by atoms with Crippen molar-refractivity contribution in [1.82, 2.24) is 10.4 Å². The Labute approximate surface area is 118 Å². The fraction of sp³-hybridized carbons (Fsp3) is 0.357. The smallest absolute Gasteiger partial charge is 0.258 e. The number of rotatable bonds is 3. The van der Waals surface area contributed by atoms with E-state index in [0.717, 1.165) is 31.7 Å². The summed E-state index contributed by atoms with van der Waals surface area (Å²) in [5, 5.41) is 2.61. The number of halogens is 1. The maximum atomic E-state index is 11.8. The lowest BCUT2D eigenvalue weighted by atomic mass is 10.2. The van der Waals surface area contributed by atoms with Gasteiger partial charge in [-0.25, -0.2) is 5.01 Å². The Balaban J connectivity index is 1.86. The number of nitrogens with one attached hydrogen (secondary N) is 2. The van der Waals surface area contributed by atoms with Crippen LogP contribution in [-0.2, 0) is 4.79 Å². The number of hydrazine groups is 1. The van der Waals surface area contributed by atoms with E-state index >= 15 is 0 Å². The zero-order valence-corrected chi connectivity index (χ0v) is 11.8. The van der Waals surface area contributed by atoms with Crippen LogP contribution in [-0.4, -0.2) is 44.1 Å². The molecule has 0 aromatic heterocycles. The second-order valence-electron chi connectivity index (χ2n) is 4.78. The summed E-state index contributed by atoms with van der Waals surface area (Å²) < 4.78 is 0. The lowest BCUT2D eigenvalue weighted by molar-refractivity contribution is -0.884. The van der Waals surface area contributed by atoms with Crippen LogP contribution in [0.5, 0.6) is 0 Å². The van der Waals surface area contributed by atoms with Gasteiger partial charge in [0.05, 0.1) is 33.2 Å². The van der Waals surface area contributed by atoms with Crippen molar-refractivity contribution in [3.8, 4) is 0 Å². The largest absolute Gasteiger partial charge is 0.335 e. The molecule has 1 fully saturated rings. The van der Waals surface area contributed by atoms with Gasteiger partial charge in [0.15, 0.2) is 0 Å². The van der Waals surface area contributed by atoms with Crippen molar-refractivity contribution in [2.75, 3.05) is 33.2 Å². The van der Waals surface area contributed by atoms with E-state index in [1.807, 2.05) is 29.3 Å². The standard InChI is InChI=1S/C14H18ClN3O/c1-17-8-10-18(11-9-17)16-14(19)7-6-12-4-2-3-5-13(12)15/h2-7H,8-11H2,1H3,(H,16,19)/p+1/b7-6+. The van der Waals surface area contributed by atoms with Gasteiger partial charge in [-0.15, -0.1) is 0 Å². The first kappa shape index (κ1) is 14.1. The molecule has 102 valence electrons. The number of hydrogen-bond acceptors (Lipinski definition) is 2. The molecule has 4 nitrogen and oxygen atoms in total. The summed E-state index contributed by atoms with van der Waals surface area (Å²) in [5.74, 6) is -0.112. The van der Waals surface area contributed by atoms with Crippen molar-refractivity contribution < 1.29 is 9.69 Å². The van der Waals surface area contributed by atoms with Gasteiger partial charge < -0.3 is 4.90 Å². The molecule has 0 radical (unpaired) electrons. The summed E-state index contributed by atoms with van der Waals surface area (Å²) in [6.45, 7) is 3.87. The fourth-order valence-corrected chi connectivity index (χ4v) is 2.17. The minimum Gasteiger partial charge on any atom is -0.335 e. The fourth-order valence-electron chi connectivity index (χ4n) is 1.97. The number of hydrogen-bond donors (Lipinski definition) is 2. The Hall–Kier alpha value is -1.36. The molecule has 2 N–H and O–H groups in total. The average molecular weight is 281 g/mol. The molecule has 1 amide bonds. The molecule has 5 heteroatoms. The molecule has 0 unspecified atom stereocenters. The van der Waals surface area contributed by atoms with Crippen LogP contribution in [0.3, 0.4) is 0 Å². The third kappa shape index (κ3) is 4.35.